The average Bonchev–Trinajstić information content (AvgIpc) is 2.09. The Morgan fingerprint density at radius 2 is 2.07 bits per heavy atom. The molecule has 0 N–H and O–H groups in total. The molecule has 0 fully saturated rings. The Balaban J connectivity index is 2.75. The first-order valence-corrected chi connectivity index (χ1v) is 4.90. The fourth-order valence-electron chi connectivity index (χ4n) is 1.01. The molecule has 0 saturated heterocycles. The number of unbranched alkanes of at least 4 members (excludes halogenated alkanes) is 1. The van der Waals surface area contributed by atoms with Crippen LogP contribution in [0.15, 0.2) is 17.0 Å². The molecule has 1 rings (SSSR count). The fraction of sp³-hybridized carbons (Fsp3) is 0.400. The minimum Gasteiger partial charge on any atom is -0.489 e. The first kappa shape index (κ1) is 11.3. The quantitative estimate of drug-likeness (QED) is 0.601. The number of hydrogen-bond donors (Lipinski definition) is 1. The Morgan fingerprint density at radius 1 is 1.36 bits per heavy atom. The largest absolute Gasteiger partial charge is 0.489 e. The van der Waals surface area contributed by atoms with Crippen LogP contribution in [0.3, 0.4) is 0 Å². The topological polar surface area (TPSA) is 9.23 Å². The lowest BCUT2D eigenvalue weighted by Crippen LogP contribution is -2.00. The molecule has 0 aliphatic heterocycles. The first-order chi connectivity index (χ1) is 6.65. The van der Waals surface area contributed by atoms with Crippen LogP contribution >= 0.6 is 12.6 Å². The normalized spacial score (nSPS) is 10.3. The van der Waals surface area contributed by atoms with E-state index in [2.05, 4.69) is 12.6 Å². The SMILES string of the molecule is CCCCOc1c(F)cc(F)cc1S. The maximum atomic E-state index is 13.1. The molecule has 0 aliphatic rings. The van der Waals surface area contributed by atoms with E-state index in [4.69, 9.17) is 4.74 Å². The molecule has 1 nitrogen and oxygen atoms in total. The zero-order valence-electron chi connectivity index (χ0n) is 7.89. The van der Waals surface area contributed by atoms with Gasteiger partial charge in [-0.05, 0) is 12.5 Å². The minimum absolute atomic E-state index is 0.0307. The lowest BCUT2D eigenvalue weighted by atomic mass is 10.3. The summed E-state index contributed by atoms with van der Waals surface area (Å²) in [6.45, 7) is 2.43. The molecule has 0 unspecified atom stereocenters. The number of hydrogen-bond acceptors (Lipinski definition) is 2. The van der Waals surface area contributed by atoms with Gasteiger partial charge in [-0.2, -0.15) is 0 Å². The van der Waals surface area contributed by atoms with E-state index in [-0.39, 0.29) is 10.6 Å². The van der Waals surface area contributed by atoms with Crippen LogP contribution in [0.4, 0.5) is 8.78 Å². The van der Waals surface area contributed by atoms with Crippen molar-refractivity contribution < 1.29 is 13.5 Å². The predicted molar refractivity (Wildman–Crippen MR) is 54.0 cm³/mol. The van der Waals surface area contributed by atoms with Crippen molar-refractivity contribution in [1.82, 2.24) is 0 Å². The lowest BCUT2D eigenvalue weighted by Gasteiger charge is -2.08. The number of halogens is 2. The summed E-state index contributed by atoms with van der Waals surface area (Å²) >= 11 is 3.93. The summed E-state index contributed by atoms with van der Waals surface area (Å²) in [5.74, 6) is -1.32. The van der Waals surface area contributed by atoms with Crippen molar-refractivity contribution in [2.45, 2.75) is 24.7 Å². The molecule has 0 heterocycles. The zero-order valence-corrected chi connectivity index (χ0v) is 8.78. The van der Waals surface area contributed by atoms with Gasteiger partial charge in [0.25, 0.3) is 0 Å². The number of rotatable bonds is 4. The molecule has 0 aromatic heterocycles. The third-order valence-corrected chi connectivity index (χ3v) is 2.07. The van der Waals surface area contributed by atoms with E-state index in [1.807, 2.05) is 6.92 Å². The van der Waals surface area contributed by atoms with E-state index in [1.165, 1.54) is 0 Å². The molecule has 1 aromatic carbocycles. The van der Waals surface area contributed by atoms with Crippen LogP contribution in [-0.4, -0.2) is 6.61 Å². The Labute approximate surface area is 87.5 Å². The highest BCUT2D eigenvalue weighted by atomic mass is 32.1. The van der Waals surface area contributed by atoms with Crippen molar-refractivity contribution in [2.75, 3.05) is 6.61 Å². The van der Waals surface area contributed by atoms with Gasteiger partial charge in [0, 0.05) is 6.07 Å². The third kappa shape index (κ3) is 2.87. The van der Waals surface area contributed by atoms with Crippen molar-refractivity contribution in [1.29, 1.82) is 0 Å². The van der Waals surface area contributed by atoms with E-state index in [9.17, 15) is 8.78 Å². The fourth-order valence-corrected chi connectivity index (χ4v) is 1.30. The average molecular weight is 218 g/mol. The summed E-state index contributed by atoms with van der Waals surface area (Å²) in [7, 11) is 0. The summed E-state index contributed by atoms with van der Waals surface area (Å²) < 4.78 is 30.9. The summed E-state index contributed by atoms with van der Waals surface area (Å²) in [5.41, 5.74) is 0. The summed E-state index contributed by atoms with van der Waals surface area (Å²) in [5, 5.41) is 0. The maximum Gasteiger partial charge on any atom is 0.169 e. The van der Waals surface area contributed by atoms with Crippen LogP contribution in [0.1, 0.15) is 19.8 Å². The molecule has 0 amide bonds. The smallest absolute Gasteiger partial charge is 0.169 e. The van der Waals surface area contributed by atoms with Gasteiger partial charge in [-0.3, -0.25) is 0 Å². The maximum absolute atomic E-state index is 13.1. The molecule has 0 saturated carbocycles. The second-order valence-corrected chi connectivity index (χ2v) is 3.42. The standard InChI is InChI=1S/C10H12F2OS/c1-2-3-4-13-10-8(12)5-7(11)6-9(10)14/h5-6,14H,2-4H2,1H3. The van der Waals surface area contributed by atoms with E-state index < -0.39 is 11.6 Å². The van der Waals surface area contributed by atoms with Gasteiger partial charge in [0.15, 0.2) is 11.6 Å². The highest BCUT2D eigenvalue weighted by Gasteiger charge is 2.09. The molecule has 4 heteroatoms. The minimum atomic E-state index is -0.703. The van der Waals surface area contributed by atoms with E-state index >= 15 is 0 Å². The summed E-state index contributed by atoms with van der Waals surface area (Å²) in [4.78, 5) is 0.193. The molecule has 0 bridgehead atoms. The van der Waals surface area contributed by atoms with Gasteiger partial charge >= 0.3 is 0 Å². The molecular weight excluding hydrogens is 206 g/mol. The Bertz CT molecular complexity index is 292. The second-order valence-electron chi connectivity index (χ2n) is 2.94. The lowest BCUT2D eigenvalue weighted by molar-refractivity contribution is 0.285. The predicted octanol–water partition coefficient (Wildman–Crippen LogP) is 3.43. The van der Waals surface area contributed by atoms with Crippen LogP contribution in [0, 0.1) is 11.6 Å². The van der Waals surface area contributed by atoms with Crippen LogP contribution < -0.4 is 4.74 Å². The molecule has 0 aliphatic carbocycles. The van der Waals surface area contributed by atoms with Crippen molar-refractivity contribution in [3.63, 3.8) is 0 Å². The van der Waals surface area contributed by atoms with E-state index in [1.54, 1.807) is 0 Å². The number of ether oxygens (including phenoxy) is 1. The molecule has 0 spiro atoms. The Morgan fingerprint density at radius 3 is 2.64 bits per heavy atom. The highest BCUT2D eigenvalue weighted by molar-refractivity contribution is 7.80. The third-order valence-electron chi connectivity index (χ3n) is 1.73. The highest BCUT2D eigenvalue weighted by Crippen LogP contribution is 2.27. The van der Waals surface area contributed by atoms with Crippen LogP contribution in [0.25, 0.3) is 0 Å². The summed E-state index contributed by atoms with van der Waals surface area (Å²) in [6, 6.07) is 1.93. The molecule has 1 aromatic rings. The van der Waals surface area contributed by atoms with Crippen molar-refractivity contribution in [3.8, 4) is 5.75 Å². The van der Waals surface area contributed by atoms with E-state index in [0.29, 0.717) is 6.61 Å². The number of benzene rings is 1. The molecule has 78 valence electrons. The number of thiol groups is 1. The van der Waals surface area contributed by atoms with Gasteiger partial charge in [0.05, 0.1) is 11.5 Å². The van der Waals surface area contributed by atoms with Crippen LogP contribution in [0.2, 0.25) is 0 Å². The van der Waals surface area contributed by atoms with Crippen molar-refractivity contribution >= 4 is 12.6 Å². The monoisotopic (exact) mass is 218 g/mol. The zero-order chi connectivity index (χ0) is 10.6. The molecular formula is C10H12F2OS. The summed E-state index contributed by atoms with van der Waals surface area (Å²) in [6.07, 6.45) is 1.80. The molecule has 0 atom stereocenters. The molecule has 14 heavy (non-hydrogen) atoms. The van der Waals surface area contributed by atoms with Gasteiger partial charge < -0.3 is 4.74 Å². The van der Waals surface area contributed by atoms with E-state index in [0.717, 1.165) is 25.0 Å². The van der Waals surface area contributed by atoms with Crippen LogP contribution in [0.5, 0.6) is 5.75 Å². The van der Waals surface area contributed by atoms with Crippen molar-refractivity contribution in [3.05, 3.63) is 23.8 Å². The second kappa shape index (κ2) is 5.20. The van der Waals surface area contributed by atoms with Gasteiger partial charge in [0.2, 0.25) is 0 Å². The Hall–Kier alpha value is -0.770. The first-order valence-electron chi connectivity index (χ1n) is 4.46. The van der Waals surface area contributed by atoms with Gasteiger partial charge in [0.1, 0.15) is 5.82 Å². The van der Waals surface area contributed by atoms with Gasteiger partial charge in [-0.1, -0.05) is 13.3 Å². The van der Waals surface area contributed by atoms with Gasteiger partial charge in [-0.25, -0.2) is 8.78 Å². The van der Waals surface area contributed by atoms with Crippen LogP contribution in [-0.2, 0) is 0 Å². The van der Waals surface area contributed by atoms with Gasteiger partial charge in [-0.15, -0.1) is 12.6 Å². The Kier molecular flexibility index (Phi) is 4.20. The van der Waals surface area contributed by atoms with Crippen molar-refractivity contribution in [2.24, 2.45) is 0 Å². The molecule has 0 radical (unpaired) electrons.